The molecule has 2 aliphatic rings. The number of H-pyrrole nitrogens is 1. The third kappa shape index (κ3) is 12.4. The highest BCUT2D eigenvalue weighted by molar-refractivity contribution is 5.98. The lowest BCUT2D eigenvalue weighted by molar-refractivity contribution is -0.130. The van der Waals surface area contributed by atoms with Crippen molar-refractivity contribution in [3.63, 3.8) is 0 Å². The Morgan fingerprint density at radius 3 is 2.30 bits per heavy atom. The molecule has 6 rings (SSSR count). The Kier molecular flexibility index (Phi) is 14.0. The first-order valence-electron chi connectivity index (χ1n) is 19.7. The number of alkyl carbamates (subject to hydrolysis) is 1. The number of carbonyl (C=O) groups excluding carboxylic acids is 4. The van der Waals surface area contributed by atoms with Crippen LogP contribution in [0.4, 0.5) is 10.5 Å². The number of anilines is 1. The monoisotopic (exact) mass is 779 g/mol. The topological polar surface area (TPSA) is 193 Å². The van der Waals surface area contributed by atoms with Crippen molar-refractivity contribution in [1.82, 2.24) is 41.5 Å². The van der Waals surface area contributed by atoms with Gasteiger partial charge in [0.2, 0.25) is 11.8 Å². The molecule has 5 N–H and O–H groups in total. The van der Waals surface area contributed by atoms with Crippen molar-refractivity contribution in [2.75, 3.05) is 51.3 Å². The number of nitrogens with one attached hydrogen (secondary N) is 5. The molecule has 15 heteroatoms. The Labute approximate surface area is 333 Å². The van der Waals surface area contributed by atoms with E-state index in [0.717, 1.165) is 67.9 Å². The molecular formula is C42H53N9O6. The fourth-order valence-electron chi connectivity index (χ4n) is 7.06. The molecule has 0 bridgehead atoms. The molecule has 1 saturated heterocycles. The van der Waals surface area contributed by atoms with Crippen LogP contribution in [-0.2, 0) is 25.5 Å². The normalized spacial score (nSPS) is 17.9. The summed E-state index contributed by atoms with van der Waals surface area (Å²) >= 11 is 0. The van der Waals surface area contributed by atoms with E-state index in [-0.39, 0.29) is 36.0 Å². The lowest BCUT2D eigenvalue weighted by Crippen LogP contribution is -2.48. The number of hydrogen-bond acceptors (Lipinski definition) is 10. The number of hydrogen-bond donors (Lipinski definition) is 5. The number of benzene rings is 3. The zero-order chi connectivity index (χ0) is 40.2. The molecule has 1 saturated carbocycles. The maximum absolute atomic E-state index is 13.8. The highest BCUT2D eigenvalue weighted by Crippen LogP contribution is 2.29. The smallest absolute Gasteiger partial charge is 0.407 e. The Bertz CT molecular complexity index is 1930. The van der Waals surface area contributed by atoms with Crippen LogP contribution in [0, 0.1) is 11.8 Å². The maximum Gasteiger partial charge on any atom is 0.407 e. The average Bonchev–Trinajstić information content (AvgIpc) is 3.76. The number of nitrogens with zero attached hydrogens (tertiary/aromatic N) is 4. The number of morpholine rings is 1. The van der Waals surface area contributed by atoms with Crippen LogP contribution < -0.4 is 21.3 Å². The summed E-state index contributed by atoms with van der Waals surface area (Å²) in [6, 6.07) is 21.6. The zero-order valence-corrected chi connectivity index (χ0v) is 32.9. The first-order chi connectivity index (χ1) is 27.5. The van der Waals surface area contributed by atoms with Gasteiger partial charge in [-0.1, -0.05) is 36.4 Å². The van der Waals surface area contributed by atoms with Gasteiger partial charge < -0.3 is 30.7 Å². The van der Waals surface area contributed by atoms with Crippen LogP contribution in [0.3, 0.4) is 0 Å². The first-order valence-corrected chi connectivity index (χ1v) is 19.7. The summed E-state index contributed by atoms with van der Waals surface area (Å²) < 4.78 is 10.8. The van der Waals surface area contributed by atoms with Crippen molar-refractivity contribution >= 4 is 29.5 Å². The quantitative estimate of drug-likeness (QED) is 0.121. The second kappa shape index (κ2) is 19.5. The highest BCUT2D eigenvalue weighted by Gasteiger charge is 2.30. The standard InChI is InChI=1S/C42H53N9O6/c1-42(2,3)57-41(55)44-27-29-9-13-32(14-10-29)39(53)46-36(40(54)45-35-17-15-31(16-18-35)37-47-49-50-48-37)25-28-7-11-30(12-8-28)33-5-4-6-34(26-33)38(52)43-19-20-51-21-23-56-24-22-51/h4-8,11-12,15-18,26,29,32,36H,9-10,13-14,19-25,27H2,1-3H3,(H,43,52)(H,44,55)(H,45,54)(H,46,53)(H,47,48,49,50)/t29?,32?,36-/m0/s1. The summed E-state index contributed by atoms with van der Waals surface area (Å²) in [6.45, 7) is 10.5. The number of aromatic amines is 1. The summed E-state index contributed by atoms with van der Waals surface area (Å²) in [6.07, 6.45) is 2.67. The number of amides is 4. The van der Waals surface area contributed by atoms with Gasteiger partial charge in [-0.25, -0.2) is 9.89 Å². The summed E-state index contributed by atoms with van der Waals surface area (Å²) in [5.41, 5.74) is 4.01. The third-order valence-electron chi connectivity index (χ3n) is 10.2. The first kappa shape index (κ1) is 41.0. The Morgan fingerprint density at radius 1 is 0.895 bits per heavy atom. The van der Waals surface area contributed by atoms with Gasteiger partial charge in [0.25, 0.3) is 5.91 Å². The van der Waals surface area contributed by atoms with E-state index in [0.29, 0.717) is 43.0 Å². The molecular weight excluding hydrogens is 727 g/mol. The van der Waals surface area contributed by atoms with E-state index in [1.54, 1.807) is 30.3 Å². The molecule has 2 fully saturated rings. The minimum Gasteiger partial charge on any atom is -0.444 e. The second-order valence-electron chi connectivity index (χ2n) is 15.7. The average molecular weight is 780 g/mol. The summed E-state index contributed by atoms with van der Waals surface area (Å²) in [7, 11) is 0. The van der Waals surface area contributed by atoms with Crippen molar-refractivity contribution in [2.45, 2.75) is 64.5 Å². The molecule has 302 valence electrons. The molecule has 1 aliphatic carbocycles. The molecule has 2 heterocycles. The van der Waals surface area contributed by atoms with Crippen molar-refractivity contribution in [3.8, 4) is 22.5 Å². The van der Waals surface area contributed by atoms with Crippen LogP contribution in [0.25, 0.3) is 22.5 Å². The minimum atomic E-state index is -0.849. The molecule has 0 radical (unpaired) electrons. The predicted molar refractivity (Wildman–Crippen MR) is 215 cm³/mol. The summed E-state index contributed by atoms with van der Waals surface area (Å²) in [5.74, 6) is -0.139. The van der Waals surface area contributed by atoms with Gasteiger partial charge in [-0.3, -0.25) is 19.3 Å². The minimum absolute atomic E-state index is 0.123. The molecule has 15 nitrogen and oxygen atoms in total. The van der Waals surface area contributed by atoms with Gasteiger partial charge in [0.15, 0.2) is 5.82 Å². The van der Waals surface area contributed by atoms with Gasteiger partial charge in [0.1, 0.15) is 11.6 Å². The van der Waals surface area contributed by atoms with E-state index < -0.39 is 17.7 Å². The van der Waals surface area contributed by atoms with E-state index in [4.69, 9.17) is 9.47 Å². The lowest BCUT2D eigenvalue weighted by Gasteiger charge is -2.29. The zero-order valence-electron chi connectivity index (χ0n) is 32.9. The third-order valence-corrected chi connectivity index (χ3v) is 10.2. The van der Waals surface area contributed by atoms with Crippen molar-refractivity contribution in [3.05, 3.63) is 83.9 Å². The number of rotatable bonds is 14. The lowest BCUT2D eigenvalue weighted by atomic mass is 9.81. The Morgan fingerprint density at radius 2 is 1.61 bits per heavy atom. The molecule has 0 unspecified atom stereocenters. The number of carbonyl (C=O) groups is 4. The van der Waals surface area contributed by atoms with Gasteiger partial charge in [-0.15, -0.1) is 5.10 Å². The van der Waals surface area contributed by atoms with E-state index in [1.165, 1.54) is 0 Å². The Hall–Kier alpha value is -5.67. The maximum atomic E-state index is 13.8. The summed E-state index contributed by atoms with van der Waals surface area (Å²) in [5, 5.41) is 25.8. The second-order valence-corrected chi connectivity index (χ2v) is 15.7. The molecule has 1 atom stereocenters. The van der Waals surface area contributed by atoms with E-state index in [2.05, 4.69) is 46.8 Å². The fraction of sp³-hybridized carbons (Fsp3) is 0.452. The fourth-order valence-corrected chi connectivity index (χ4v) is 7.06. The summed E-state index contributed by atoms with van der Waals surface area (Å²) in [4.78, 5) is 54.9. The number of aromatic nitrogens is 4. The van der Waals surface area contributed by atoms with Crippen LogP contribution in [0.5, 0.6) is 0 Å². The van der Waals surface area contributed by atoms with Crippen LogP contribution in [0.1, 0.15) is 62.4 Å². The van der Waals surface area contributed by atoms with Gasteiger partial charge in [0, 0.05) is 61.9 Å². The SMILES string of the molecule is CC(C)(C)OC(=O)NCC1CCC(C(=O)N[C@@H](Cc2ccc(-c3cccc(C(=O)NCCN4CCOCC4)c3)cc2)C(=O)Nc2ccc(-c3nnn[nH]3)cc2)CC1. The molecule has 3 aromatic carbocycles. The molecule has 57 heavy (non-hydrogen) atoms. The van der Waals surface area contributed by atoms with Crippen LogP contribution in [0.15, 0.2) is 72.8 Å². The van der Waals surface area contributed by atoms with Crippen molar-refractivity contribution < 1.29 is 28.7 Å². The predicted octanol–water partition coefficient (Wildman–Crippen LogP) is 4.59. The number of ether oxygens (including phenoxy) is 2. The van der Waals surface area contributed by atoms with Crippen LogP contribution in [-0.4, -0.2) is 107 Å². The van der Waals surface area contributed by atoms with E-state index in [9.17, 15) is 19.2 Å². The van der Waals surface area contributed by atoms with Crippen molar-refractivity contribution in [2.24, 2.45) is 11.8 Å². The van der Waals surface area contributed by atoms with Gasteiger partial charge in [-0.05, 0) is 116 Å². The van der Waals surface area contributed by atoms with Gasteiger partial charge in [0.05, 0.1) is 13.2 Å². The van der Waals surface area contributed by atoms with Gasteiger partial charge >= 0.3 is 6.09 Å². The molecule has 1 aromatic heterocycles. The molecule has 1 aliphatic heterocycles. The Balaban J connectivity index is 1.08. The van der Waals surface area contributed by atoms with E-state index in [1.807, 2.05) is 63.2 Å². The molecule has 4 aromatic rings. The van der Waals surface area contributed by atoms with Gasteiger partial charge in [-0.2, -0.15) is 0 Å². The van der Waals surface area contributed by atoms with Crippen molar-refractivity contribution in [1.29, 1.82) is 0 Å². The van der Waals surface area contributed by atoms with Crippen LogP contribution >= 0.6 is 0 Å². The molecule has 4 amide bonds. The van der Waals surface area contributed by atoms with E-state index >= 15 is 0 Å². The largest absolute Gasteiger partial charge is 0.444 e. The number of tetrazole rings is 1. The highest BCUT2D eigenvalue weighted by atomic mass is 16.6. The molecule has 0 spiro atoms. The van der Waals surface area contributed by atoms with Crippen LogP contribution in [0.2, 0.25) is 0 Å².